The van der Waals surface area contributed by atoms with E-state index in [1.165, 1.54) is 11.1 Å². The van der Waals surface area contributed by atoms with Crippen LogP contribution in [0.15, 0.2) is 24.3 Å². The van der Waals surface area contributed by atoms with E-state index in [2.05, 4.69) is 43.4 Å². The second kappa shape index (κ2) is 8.34. The SMILES string of the molecule is CC(Cc1ccc(C(C)C)cc1)NC(=O)N1CCCC(CO)C1. The van der Waals surface area contributed by atoms with Crippen LogP contribution in [0.5, 0.6) is 0 Å². The zero-order chi connectivity index (χ0) is 16.8. The fourth-order valence-corrected chi connectivity index (χ4v) is 3.14. The molecule has 1 saturated heterocycles. The van der Waals surface area contributed by atoms with Crippen molar-refractivity contribution in [3.63, 3.8) is 0 Å². The maximum absolute atomic E-state index is 12.3. The molecule has 4 heteroatoms. The Morgan fingerprint density at radius 1 is 1.30 bits per heavy atom. The van der Waals surface area contributed by atoms with Gasteiger partial charge >= 0.3 is 6.03 Å². The molecule has 0 saturated carbocycles. The molecule has 2 atom stereocenters. The molecule has 1 heterocycles. The maximum Gasteiger partial charge on any atom is 0.317 e. The summed E-state index contributed by atoms with van der Waals surface area (Å²) >= 11 is 0. The molecule has 1 fully saturated rings. The second-order valence-corrected chi connectivity index (χ2v) is 7.09. The minimum atomic E-state index is -0.00514. The lowest BCUT2D eigenvalue weighted by Crippen LogP contribution is -2.48. The van der Waals surface area contributed by atoms with Crippen molar-refractivity contribution in [3.05, 3.63) is 35.4 Å². The summed E-state index contributed by atoms with van der Waals surface area (Å²) in [5.74, 6) is 0.771. The standard InChI is InChI=1S/C19H30N2O2/c1-14(2)18-8-6-16(7-9-18)11-15(3)20-19(23)21-10-4-5-17(12-21)13-22/h6-9,14-15,17,22H,4-5,10-13H2,1-3H3,(H,20,23). The summed E-state index contributed by atoms with van der Waals surface area (Å²) in [6, 6.07) is 8.74. The smallest absolute Gasteiger partial charge is 0.317 e. The summed E-state index contributed by atoms with van der Waals surface area (Å²) < 4.78 is 0. The van der Waals surface area contributed by atoms with Crippen molar-refractivity contribution in [2.75, 3.05) is 19.7 Å². The lowest BCUT2D eigenvalue weighted by Gasteiger charge is -2.32. The molecule has 0 spiro atoms. The van der Waals surface area contributed by atoms with Gasteiger partial charge in [0.1, 0.15) is 0 Å². The van der Waals surface area contributed by atoms with Crippen molar-refractivity contribution in [2.45, 2.75) is 52.0 Å². The summed E-state index contributed by atoms with van der Waals surface area (Å²) in [5, 5.41) is 12.4. The van der Waals surface area contributed by atoms with E-state index in [-0.39, 0.29) is 24.6 Å². The normalized spacial score (nSPS) is 19.7. The van der Waals surface area contributed by atoms with Crippen LogP contribution in [0, 0.1) is 5.92 Å². The highest BCUT2D eigenvalue weighted by atomic mass is 16.3. The molecule has 1 aliphatic rings. The van der Waals surface area contributed by atoms with Crippen LogP contribution in [-0.2, 0) is 6.42 Å². The molecular formula is C19H30N2O2. The van der Waals surface area contributed by atoms with Gasteiger partial charge in [-0.05, 0) is 49.1 Å². The number of aliphatic hydroxyl groups is 1. The highest BCUT2D eigenvalue weighted by molar-refractivity contribution is 5.74. The first-order chi connectivity index (χ1) is 11.0. The van der Waals surface area contributed by atoms with E-state index in [1.54, 1.807) is 0 Å². The lowest BCUT2D eigenvalue weighted by molar-refractivity contribution is 0.128. The number of benzene rings is 1. The zero-order valence-electron chi connectivity index (χ0n) is 14.6. The molecule has 0 bridgehead atoms. The predicted molar refractivity (Wildman–Crippen MR) is 93.6 cm³/mol. The Morgan fingerprint density at radius 2 is 2.00 bits per heavy atom. The number of amides is 2. The summed E-state index contributed by atoms with van der Waals surface area (Å²) in [6.45, 7) is 8.05. The van der Waals surface area contributed by atoms with Crippen LogP contribution in [-0.4, -0.2) is 41.8 Å². The van der Waals surface area contributed by atoms with Crippen LogP contribution in [0.3, 0.4) is 0 Å². The van der Waals surface area contributed by atoms with Gasteiger partial charge in [0.05, 0.1) is 0 Å². The van der Waals surface area contributed by atoms with Crippen molar-refractivity contribution in [1.29, 1.82) is 0 Å². The van der Waals surface area contributed by atoms with Gasteiger partial charge in [0, 0.05) is 25.7 Å². The topological polar surface area (TPSA) is 52.6 Å². The lowest BCUT2D eigenvalue weighted by atomic mass is 9.99. The molecule has 0 radical (unpaired) electrons. The molecule has 1 aromatic rings. The third-order valence-corrected chi connectivity index (χ3v) is 4.62. The number of urea groups is 1. The van der Waals surface area contributed by atoms with Gasteiger partial charge in [-0.3, -0.25) is 0 Å². The van der Waals surface area contributed by atoms with Crippen molar-refractivity contribution in [1.82, 2.24) is 10.2 Å². The number of nitrogens with one attached hydrogen (secondary N) is 1. The first kappa shape index (κ1) is 17.8. The van der Waals surface area contributed by atoms with Crippen LogP contribution in [0.25, 0.3) is 0 Å². The van der Waals surface area contributed by atoms with E-state index < -0.39 is 0 Å². The third-order valence-electron chi connectivity index (χ3n) is 4.62. The van der Waals surface area contributed by atoms with Crippen molar-refractivity contribution < 1.29 is 9.90 Å². The van der Waals surface area contributed by atoms with E-state index in [9.17, 15) is 9.90 Å². The Bertz CT molecular complexity index is 499. The number of likely N-dealkylation sites (tertiary alicyclic amines) is 1. The first-order valence-electron chi connectivity index (χ1n) is 8.74. The van der Waals surface area contributed by atoms with Crippen LogP contribution in [0.2, 0.25) is 0 Å². The average Bonchev–Trinajstić information content (AvgIpc) is 2.55. The van der Waals surface area contributed by atoms with E-state index in [0.717, 1.165) is 25.8 Å². The molecule has 23 heavy (non-hydrogen) atoms. The van der Waals surface area contributed by atoms with E-state index in [0.29, 0.717) is 12.5 Å². The number of hydrogen-bond acceptors (Lipinski definition) is 2. The Morgan fingerprint density at radius 3 is 2.61 bits per heavy atom. The van der Waals surface area contributed by atoms with Gasteiger partial charge in [-0.2, -0.15) is 0 Å². The highest BCUT2D eigenvalue weighted by Gasteiger charge is 2.23. The number of carbonyl (C=O) groups excluding carboxylic acids is 1. The molecule has 2 amide bonds. The third kappa shape index (κ3) is 5.24. The second-order valence-electron chi connectivity index (χ2n) is 7.09. The Hall–Kier alpha value is -1.55. The monoisotopic (exact) mass is 318 g/mol. The van der Waals surface area contributed by atoms with Gasteiger partial charge in [0.25, 0.3) is 0 Å². The molecule has 0 aromatic heterocycles. The molecule has 1 aromatic carbocycles. The van der Waals surface area contributed by atoms with Crippen molar-refractivity contribution in [2.24, 2.45) is 5.92 Å². The van der Waals surface area contributed by atoms with Crippen LogP contribution >= 0.6 is 0 Å². The van der Waals surface area contributed by atoms with Crippen molar-refractivity contribution >= 4 is 6.03 Å². The highest BCUT2D eigenvalue weighted by Crippen LogP contribution is 2.17. The van der Waals surface area contributed by atoms with Gasteiger partial charge in [0.2, 0.25) is 0 Å². The number of hydrogen-bond donors (Lipinski definition) is 2. The molecule has 128 valence electrons. The molecule has 2 N–H and O–H groups in total. The number of piperidine rings is 1. The fourth-order valence-electron chi connectivity index (χ4n) is 3.14. The molecular weight excluding hydrogens is 288 g/mol. The van der Waals surface area contributed by atoms with E-state index in [1.807, 2.05) is 11.8 Å². The summed E-state index contributed by atoms with van der Waals surface area (Å²) in [4.78, 5) is 14.2. The molecule has 0 aliphatic carbocycles. The van der Waals surface area contributed by atoms with Gasteiger partial charge < -0.3 is 15.3 Å². The first-order valence-corrected chi connectivity index (χ1v) is 8.74. The minimum Gasteiger partial charge on any atom is -0.396 e. The summed E-state index contributed by atoms with van der Waals surface area (Å²) in [7, 11) is 0. The fraction of sp³-hybridized carbons (Fsp3) is 0.632. The van der Waals surface area contributed by atoms with Gasteiger partial charge in [-0.1, -0.05) is 38.1 Å². The average molecular weight is 318 g/mol. The van der Waals surface area contributed by atoms with E-state index >= 15 is 0 Å². The minimum absolute atomic E-state index is 0.00514. The number of carbonyl (C=O) groups is 1. The zero-order valence-corrected chi connectivity index (χ0v) is 14.6. The number of rotatable bonds is 5. The van der Waals surface area contributed by atoms with Crippen LogP contribution in [0.4, 0.5) is 4.79 Å². The quantitative estimate of drug-likeness (QED) is 0.876. The molecule has 2 unspecified atom stereocenters. The number of nitrogens with zero attached hydrogens (tertiary/aromatic N) is 1. The molecule has 1 aliphatic heterocycles. The largest absolute Gasteiger partial charge is 0.396 e. The van der Waals surface area contributed by atoms with Gasteiger partial charge in [0.15, 0.2) is 0 Å². The number of aliphatic hydroxyl groups excluding tert-OH is 1. The van der Waals surface area contributed by atoms with Crippen molar-refractivity contribution in [3.8, 4) is 0 Å². The molecule has 2 rings (SSSR count). The van der Waals surface area contributed by atoms with E-state index in [4.69, 9.17) is 0 Å². The Balaban J connectivity index is 1.83. The van der Waals surface area contributed by atoms with Crippen LogP contribution in [0.1, 0.15) is 50.7 Å². The molecule has 4 nitrogen and oxygen atoms in total. The van der Waals surface area contributed by atoms with Gasteiger partial charge in [-0.25, -0.2) is 4.79 Å². The Kier molecular flexibility index (Phi) is 6.46. The summed E-state index contributed by atoms with van der Waals surface area (Å²) in [5.41, 5.74) is 2.59. The van der Waals surface area contributed by atoms with Crippen LogP contribution < -0.4 is 5.32 Å². The summed E-state index contributed by atoms with van der Waals surface area (Å²) in [6.07, 6.45) is 2.82. The predicted octanol–water partition coefficient (Wildman–Crippen LogP) is 3.15. The maximum atomic E-state index is 12.3. The van der Waals surface area contributed by atoms with Gasteiger partial charge in [-0.15, -0.1) is 0 Å². The Labute approximate surface area is 139 Å².